The third-order valence-corrected chi connectivity index (χ3v) is 3.54. The average Bonchev–Trinajstić information content (AvgIpc) is 2.61. The van der Waals surface area contributed by atoms with E-state index in [0.29, 0.717) is 17.7 Å². The highest BCUT2D eigenvalue weighted by Gasteiger charge is 2.13. The van der Waals surface area contributed by atoms with E-state index in [0.717, 1.165) is 5.56 Å². The molecule has 25 heavy (non-hydrogen) atoms. The summed E-state index contributed by atoms with van der Waals surface area (Å²) in [7, 11) is 3.19. The number of hydrogen-bond donors (Lipinski definition) is 1. The zero-order valence-corrected chi connectivity index (χ0v) is 13.8. The van der Waals surface area contributed by atoms with E-state index in [-0.39, 0.29) is 17.6 Å². The summed E-state index contributed by atoms with van der Waals surface area (Å²) < 4.78 is 28.5. The fourth-order valence-electron chi connectivity index (χ4n) is 2.25. The van der Waals surface area contributed by atoms with Crippen molar-refractivity contribution >= 4 is 11.8 Å². The van der Waals surface area contributed by atoms with Crippen LogP contribution in [0.4, 0.5) is 8.78 Å². The Morgan fingerprint density at radius 1 is 1.04 bits per heavy atom. The van der Waals surface area contributed by atoms with E-state index in [1.165, 1.54) is 29.2 Å². The molecular formula is C18H18F2N2O3. The van der Waals surface area contributed by atoms with Crippen molar-refractivity contribution in [2.45, 2.75) is 13.2 Å². The Bertz CT molecular complexity index is 731. The predicted octanol–water partition coefficient (Wildman–Crippen LogP) is 2.92. The summed E-state index contributed by atoms with van der Waals surface area (Å²) >= 11 is 0. The van der Waals surface area contributed by atoms with Crippen LogP contribution in [0.2, 0.25) is 0 Å². The van der Waals surface area contributed by atoms with Gasteiger partial charge in [0, 0.05) is 31.8 Å². The fourth-order valence-corrected chi connectivity index (χ4v) is 2.25. The monoisotopic (exact) mass is 348 g/mol. The number of nitrogens with one attached hydrogen (secondary N) is 1. The Kier molecular flexibility index (Phi) is 6.05. The molecule has 0 spiro atoms. The lowest BCUT2D eigenvalue weighted by molar-refractivity contribution is -0.0498. The van der Waals surface area contributed by atoms with Gasteiger partial charge in [0.1, 0.15) is 5.75 Å². The average molecular weight is 348 g/mol. The fraction of sp³-hybridized carbons (Fsp3) is 0.222. The second-order valence-corrected chi connectivity index (χ2v) is 5.34. The Hall–Kier alpha value is -2.96. The first kappa shape index (κ1) is 18.4. The van der Waals surface area contributed by atoms with Crippen LogP contribution in [0.1, 0.15) is 26.3 Å². The van der Waals surface area contributed by atoms with Crippen LogP contribution < -0.4 is 10.1 Å². The molecule has 0 radical (unpaired) electrons. The number of carbonyl (C=O) groups is 2. The van der Waals surface area contributed by atoms with Crippen molar-refractivity contribution < 1.29 is 23.1 Å². The van der Waals surface area contributed by atoms with Gasteiger partial charge in [0.25, 0.3) is 11.8 Å². The second kappa shape index (κ2) is 8.23. The second-order valence-electron chi connectivity index (χ2n) is 5.34. The largest absolute Gasteiger partial charge is 0.435 e. The van der Waals surface area contributed by atoms with Crippen LogP contribution in [-0.4, -0.2) is 37.4 Å². The summed E-state index contributed by atoms with van der Waals surface area (Å²) in [6.07, 6.45) is 0. The molecule has 2 amide bonds. The smallest absolute Gasteiger partial charge is 0.387 e. The van der Waals surface area contributed by atoms with Gasteiger partial charge >= 0.3 is 6.61 Å². The maximum atomic E-state index is 12.4. The minimum Gasteiger partial charge on any atom is -0.435 e. The van der Waals surface area contributed by atoms with E-state index in [1.54, 1.807) is 38.4 Å². The number of amides is 2. The molecule has 0 unspecified atom stereocenters. The van der Waals surface area contributed by atoms with Crippen molar-refractivity contribution in [1.29, 1.82) is 0 Å². The summed E-state index contributed by atoms with van der Waals surface area (Å²) in [4.78, 5) is 25.4. The molecule has 0 aliphatic rings. The first-order valence-electron chi connectivity index (χ1n) is 7.52. The zero-order valence-electron chi connectivity index (χ0n) is 13.8. The standard InChI is InChI=1S/C18H18F2N2O3/c1-21-16(23)13-5-3-12(4-6-13)11-22(2)17(24)14-7-9-15(10-8-14)25-18(19)20/h3-10,18H,11H2,1-2H3,(H,21,23). The van der Waals surface area contributed by atoms with Gasteiger partial charge in [0.15, 0.2) is 0 Å². The zero-order chi connectivity index (χ0) is 18.4. The highest BCUT2D eigenvalue weighted by molar-refractivity contribution is 5.94. The number of hydrogen-bond acceptors (Lipinski definition) is 3. The van der Waals surface area contributed by atoms with E-state index in [2.05, 4.69) is 10.1 Å². The highest BCUT2D eigenvalue weighted by atomic mass is 19.3. The Balaban J connectivity index is 2.01. The quantitative estimate of drug-likeness (QED) is 0.873. The Morgan fingerprint density at radius 2 is 1.60 bits per heavy atom. The van der Waals surface area contributed by atoms with Crippen LogP contribution in [0.3, 0.4) is 0 Å². The molecule has 0 bridgehead atoms. The number of halogens is 2. The van der Waals surface area contributed by atoms with Gasteiger partial charge in [-0.2, -0.15) is 8.78 Å². The SMILES string of the molecule is CNC(=O)c1ccc(CN(C)C(=O)c2ccc(OC(F)F)cc2)cc1. The van der Waals surface area contributed by atoms with E-state index in [1.807, 2.05) is 0 Å². The Labute approximate surface area is 144 Å². The number of carbonyl (C=O) groups excluding carboxylic acids is 2. The van der Waals surface area contributed by atoms with Gasteiger partial charge in [-0.25, -0.2) is 0 Å². The molecule has 2 aromatic rings. The molecule has 5 nitrogen and oxygen atoms in total. The molecule has 132 valence electrons. The van der Waals surface area contributed by atoms with Gasteiger partial charge in [-0.3, -0.25) is 9.59 Å². The van der Waals surface area contributed by atoms with Crippen molar-refractivity contribution in [3.05, 3.63) is 65.2 Å². The first-order chi connectivity index (χ1) is 11.9. The molecule has 0 saturated carbocycles. The summed E-state index contributed by atoms with van der Waals surface area (Å²) in [5.74, 6) is -0.431. The van der Waals surface area contributed by atoms with Crippen molar-refractivity contribution in [3.63, 3.8) is 0 Å². The van der Waals surface area contributed by atoms with E-state index >= 15 is 0 Å². The highest BCUT2D eigenvalue weighted by Crippen LogP contribution is 2.16. The van der Waals surface area contributed by atoms with Crippen molar-refractivity contribution in [3.8, 4) is 5.75 Å². The van der Waals surface area contributed by atoms with Crippen LogP contribution in [0, 0.1) is 0 Å². The number of nitrogens with zero attached hydrogens (tertiary/aromatic N) is 1. The summed E-state index contributed by atoms with van der Waals surface area (Å²) in [6, 6.07) is 12.4. The minimum atomic E-state index is -2.90. The minimum absolute atomic E-state index is 0.000933. The van der Waals surface area contributed by atoms with Crippen molar-refractivity contribution in [2.24, 2.45) is 0 Å². The third-order valence-electron chi connectivity index (χ3n) is 3.54. The van der Waals surface area contributed by atoms with E-state index in [4.69, 9.17) is 0 Å². The van der Waals surface area contributed by atoms with Crippen molar-refractivity contribution in [1.82, 2.24) is 10.2 Å². The topological polar surface area (TPSA) is 58.6 Å². The first-order valence-corrected chi connectivity index (χ1v) is 7.52. The predicted molar refractivity (Wildman–Crippen MR) is 88.7 cm³/mol. The summed E-state index contributed by atoms with van der Waals surface area (Å²) in [5, 5.41) is 2.54. The number of rotatable bonds is 6. The van der Waals surface area contributed by atoms with Crippen LogP contribution in [0.25, 0.3) is 0 Å². The van der Waals surface area contributed by atoms with Crippen LogP contribution >= 0.6 is 0 Å². The molecule has 0 aliphatic heterocycles. The lowest BCUT2D eigenvalue weighted by Crippen LogP contribution is -2.26. The lowest BCUT2D eigenvalue weighted by atomic mass is 10.1. The van der Waals surface area contributed by atoms with E-state index in [9.17, 15) is 18.4 Å². The number of ether oxygens (including phenoxy) is 1. The van der Waals surface area contributed by atoms with Crippen LogP contribution in [-0.2, 0) is 6.54 Å². The van der Waals surface area contributed by atoms with Gasteiger partial charge < -0.3 is 15.0 Å². The maximum absolute atomic E-state index is 12.4. The molecule has 2 rings (SSSR count). The molecule has 0 heterocycles. The summed E-state index contributed by atoms with van der Waals surface area (Å²) in [5.41, 5.74) is 1.77. The molecule has 1 N–H and O–H groups in total. The molecule has 0 aromatic heterocycles. The van der Waals surface area contributed by atoms with Gasteiger partial charge in [0.05, 0.1) is 0 Å². The van der Waals surface area contributed by atoms with Gasteiger partial charge in [-0.15, -0.1) is 0 Å². The maximum Gasteiger partial charge on any atom is 0.387 e. The van der Waals surface area contributed by atoms with Crippen molar-refractivity contribution in [2.75, 3.05) is 14.1 Å². The van der Waals surface area contributed by atoms with Gasteiger partial charge in [0.2, 0.25) is 0 Å². The number of alkyl halides is 2. The van der Waals surface area contributed by atoms with E-state index < -0.39 is 6.61 Å². The molecule has 0 aliphatic carbocycles. The van der Waals surface area contributed by atoms with Crippen LogP contribution in [0.15, 0.2) is 48.5 Å². The molecule has 0 atom stereocenters. The molecule has 2 aromatic carbocycles. The molecular weight excluding hydrogens is 330 g/mol. The number of benzene rings is 2. The summed E-state index contributed by atoms with van der Waals surface area (Å²) in [6.45, 7) is -2.55. The molecule has 0 fully saturated rings. The van der Waals surface area contributed by atoms with Crippen LogP contribution in [0.5, 0.6) is 5.75 Å². The van der Waals surface area contributed by atoms with Gasteiger partial charge in [-0.1, -0.05) is 12.1 Å². The molecule has 0 saturated heterocycles. The normalized spacial score (nSPS) is 10.4. The third kappa shape index (κ3) is 5.00. The van der Waals surface area contributed by atoms with Gasteiger partial charge in [-0.05, 0) is 42.0 Å². The lowest BCUT2D eigenvalue weighted by Gasteiger charge is -2.18. The molecule has 7 heteroatoms. The Morgan fingerprint density at radius 3 is 2.12 bits per heavy atom.